The van der Waals surface area contributed by atoms with E-state index in [-0.39, 0.29) is 17.5 Å². The lowest BCUT2D eigenvalue weighted by Crippen LogP contribution is -2.12. The Balaban J connectivity index is 2.25. The highest BCUT2D eigenvalue weighted by Gasteiger charge is 2.18. The topological polar surface area (TPSA) is 93.3 Å². The van der Waals surface area contributed by atoms with Crippen LogP contribution in [0, 0.1) is 0 Å². The van der Waals surface area contributed by atoms with Gasteiger partial charge in [-0.05, 0) is 18.2 Å². The number of rotatable bonds is 5. The maximum Gasteiger partial charge on any atom is 0.249 e. The van der Waals surface area contributed by atoms with Crippen LogP contribution >= 0.6 is 23.2 Å². The van der Waals surface area contributed by atoms with Gasteiger partial charge in [-0.2, -0.15) is 0 Å². The van der Waals surface area contributed by atoms with Crippen LogP contribution in [0.25, 0.3) is 11.5 Å². The fourth-order valence-corrected chi connectivity index (χ4v) is 2.89. The first-order valence-corrected chi connectivity index (χ1v) is 8.08. The Bertz CT molecular complexity index is 715. The summed E-state index contributed by atoms with van der Waals surface area (Å²) in [5.41, 5.74) is 0.467. The molecule has 0 aliphatic rings. The van der Waals surface area contributed by atoms with E-state index < -0.39 is 22.2 Å². The van der Waals surface area contributed by atoms with Crippen LogP contribution in [0.3, 0.4) is 0 Å². The van der Waals surface area contributed by atoms with Crippen molar-refractivity contribution in [2.24, 2.45) is 0 Å². The minimum atomic E-state index is -3.47. The molecule has 1 aromatic carbocycles. The number of aromatic nitrogens is 2. The Morgan fingerprint density at radius 3 is 2.65 bits per heavy atom. The van der Waals surface area contributed by atoms with E-state index in [0.717, 1.165) is 0 Å². The predicted molar refractivity (Wildman–Crippen MR) is 74.3 cm³/mol. The molecule has 0 bridgehead atoms. The Labute approximate surface area is 125 Å². The highest BCUT2D eigenvalue weighted by Crippen LogP contribution is 2.29. The number of hydrogen-bond donors (Lipinski definition) is 1. The van der Waals surface area contributed by atoms with Gasteiger partial charge in [0.1, 0.15) is 5.75 Å². The van der Waals surface area contributed by atoms with Crippen molar-refractivity contribution in [3.8, 4) is 11.5 Å². The van der Waals surface area contributed by atoms with Crippen LogP contribution in [-0.2, 0) is 15.6 Å². The maximum absolute atomic E-state index is 11.5. The molecule has 0 aliphatic carbocycles. The van der Waals surface area contributed by atoms with Crippen molar-refractivity contribution < 1.29 is 17.9 Å². The van der Waals surface area contributed by atoms with E-state index in [1.54, 1.807) is 12.1 Å². The minimum Gasteiger partial charge on any atom is -0.420 e. The zero-order valence-electron chi connectivity index (χ0n) is 10.1. The molecule has 0 fully saturated rings. The molecule has 0 saturated carbocycles. The van der Waals surface area contributed by atoms with E-state index in [2.05, 4.69) is 10.2 Å². The third-order valence-corrected chi connectivity index (χ3v) is 4.41. The van der Waals surface area contributed by atoms with E-state index in [4.69, 9.17) is 32.7 Å². The maximum atomic E-state index is 11.5. The second-order valence-corrected chi connectivity index (χ2v) is 6.97. The van der Waals surface area contributed by atoms with Gasteiger partial charge in [0.2, 0.25) is 11.8 Å². The first-order valence-electron chi connectivity index (χ1n) is 5.50. The molecule has 9 heteroatoms. The molecule has 0 unspecified atom stereocenters. The van der Waals surface area contributed by atoms with Crippen molar-refractivity contribution in [1.29, 1.82) is 0 Å². The zero-order valence-corrected chi connectivity index (χ0v) is 12.4. The predicted octanol–water partition coefficient (Wildman–Crippen LogP) is 1.95. The fourth-order valence-electron chi connectivity index (χ4n) is 1.48. The van der Waals surface area contributed by atoms with Crippen LogP contribution < -0.4 is 0 Å². The van der Waals surface area contributed by atoms with Gasteiger partial charge in [-0.3, -0.25) is 0 Å². The van der Waals surface area contributed by atoms with Crippen molar-refractivity contribution in [1.82, 2.24) is 10.2 Å². The lowest BCUT2D eigenvalue weighted by Gasteiger charge is -1.99. The summed E-state index contributed by atoms with van der Waals surface area (Å²) in [6, 6.07) is 4.73. The smallest absolute Gasteiger partial charge is 0.249 e. The number of halogens is 2. The van der Waals surface area contributed by atoms with Crippen molar-refractivity contribution in [2.75, 3.05) is 12.4 Å². The van der Waals surface area contributed by atoms with Crippen LogP contribution in [0.1, 0.15) is 5.89 Å². The lowest BCUT2D eigenvalue weighted by atomic mass is 10.2. The summed E-state index contributed by atoms with van der Waals surface area (Å²) in [6.45, 7) is -0.452. The average Bonchev–Trinajstić information content (AvgIpc) is 2.76. The Hall–Kier alpha value is -1.15. The van der Waals surface area contributed by atoms with E-state index in [9.17, 15) is 8.42 Å². The summed E-state index contributed by atoms with van der Waals surface area (Å²) in [7, 11) is -3.47. The van der Waals surface area contributed by atoms with Gasteiger partial charge in [0.25, 0.3) is 0 Å². The van der Waals surface area contributed by atoms with E-state index in [1.165, 1.54) is 6.07 Å². The van der Waals surface area contributed by atoms with Gasteiger partial charge in [0, 0.05) is 5.02 Å². The standard InChI is InChI=1S/C11H10Cl2N2O4S/c12-7-1-2-8(9(13)5-7)11-15-14-10(19-11)6-20(17,18)4-3-16/h1-2,5,16H,3-4,6H2. The molecule has 0 saturated heterocycles. The van der Waals surface area contributed by atoms with Crippen LogP contribution in [-0.4, -0.2) is 36.1 Å². The monoisotopic (exact) mass is 336 g/mol. The molecule has 6 nitrogen and oxygen atoms in total. The summed E-state index contributed by atoms with van der Waals surface area (Å²) < 4.78 is 28.3. The zero-order chi connectivity index (χ0) is 14.8. The van der Waals surface area contributed by atoms with Gasteiger partial charge in [0.15, 0.2) is 9.84 Å². The average molecular weight is 337 g/mol. The molecule has 1 aromatic heterocycles. The molecule has 0 amide bonds. The van der Waals surface area contributed by atoms with Crippen molar-refractivity contribution in [3.05, 3.63) is 34.1 Å². The second kappa shape index (κ2) is 6.09. The molecule has 20 heavy (non-hydrogen) atoms. The fraction of sp³-hybridized carbons (Fsp3) is 0.273. The summed E-state index contributed by atoms with van der Waals surface area (Å²) in [5, 5.41) is 16.8. The van der Waals surface area contributed by atoms with Crippen LogP contribution in [0.15, 0.2) is 22.6 Å². The Kier molecular flexibility index (Phi) is 4.64. The molecule has 0 aliphatic heterocycles. The van der Waals surface area contributed by atoms with Gasteiger partial charge in [-0.15, -0.1) is 10.2 Å². The third kappa shape index (κ3) is 3.69. The number of nitrogens with zero attached hydrogens (tertiary/aromatic N) is 2. The van der Waals surface area contributed by atoms with Crippen LogP contribution in [0.4, 0.5) is 0 Å². The van der Waals surface area contributed by atoms with E-state index in [1.807, 2.05) is 0 Å². The summed E-state index contributed by atoms with van der Waals surface area (Å²) >= 11 is 11.8. The first-order chi connectivity index (χ1) is 9.41. The van der Waals surface area contributed by atoms with Gasteiger partial charge in [-0.25, -0.2) is 8.42 Å². The van der Waals surface area contributed by atoms with Gasteiger partial charge in [0.05, 0.1) is 22.9 Å². The SMILES string of the molecule is O=S(=O)(CCO)Cc1nnc(-c2ccc(Cl)cc2Cl)o1. The molecular formula is C11H10Cl2N2O4S. The van der Waals surface area contributed by atoms with Gasteiger partial charge >= 0.3 is 0 Å². The summed E-state index contributed by atoms with van der Waals surface area (Å²) in [6.07, 6.45) is 0. The molecule has 1 heterocycles. The van der Waals surface area contributed by atoms with Crippen molar-refractivity contribution in [3.63, 3.8) is 0 Å². The highest BCUT2D eigenvalue weighted by molar-refractivity contribution is 7.90. The number of sulfone groups is 1. The van der Waals surface area contributed by atoms with Crippen molar-refractivity contribution in [2.45, 2.75) is 5.75 Å². The third-order valence-electron chi connectivity index (χ3n) is 2.37. The molecule has 1 N–H and O–H groups in total. The molecule has 0 atom stereocenters. The van der Waals surface area contributed by atoms with Crippen LogP contribution in [0.2, 0.25) is 10.0 Å². The number of aliphatic hydroxyl groups is 1. The second-order valence-electron chi connectivity index (χ2n) is 3.94. The largest absolute Gasteiger partial charge is 0.420 e. The number of aliphatic hydroxyl groups excluding tert-OH is 1. The quantitative estimate of drug-likeness (QED) is 0.896. The summed E-state index contributed by atoms with van der Waals surface area (Å²) in [5.74, 6) is -0.724. The number of hydrogen-bond acceptors (Lipinski definition) is 6. The molecule has 2 rings (SSSR count). The minimum absolute atomic E-state index is 0.0560. The summed E-state index contributed by atoms with van der Waals surface area (Å²) in [4.78, 5) is 0. The molecule has 0 spiro atoms. The Morgan fingerprint density at radius 2 is 2.00 bits per heavy atom. The Morgan fingerprint density at radius 1 is 1.25 bits per heavy atom. The van der Waals surface area contributed by atoms with Gasteiger partial charge in [-0.1, -0.05) is 23.2 Å². The normalized spacial score (nSPS) is 11.8. The number of benzene rings is 1. The van der Waals surface area contributed by atoms with E-state index in [0.29, 0.717) is 15.6 Å². The molecule has 108 valence electrons. The molecule has 2 aromatic rings. The highest BCUT2D eigenvalue weighted by atomic mass is 35.5. The lowest BCUT2D eigenvalue weighted by molar-refractivity contribution is 0.319. The van der Waals surface area contributed by atoms with Crippen LogP contribution in [0.5, 0.6) is 0 Å². The van der Waals surface area contributed by atoms with E-state index >= 15 is 0 Å². The van der Waals surface area contributed by atoms with Crippen molar-refractivity contribution >= 4 is 33.0 Å². The molecular weight excluding hydrogens is 327 g/mol. The first kappa shape index (κ1) is 15.2. The molecule has 0 radical (unpaired) electrons. The van der Waals surface area contributed by atoms with Gasteiger partial charge < -0.3 is 9.52 Å².